The lowest BCUT2D eigenvalue weighted by atomic mass is 9.89. The Bertz CT molecular complexity index is 236. The highest BCUT2D eigenvalue weighted by Crippen LogP contribution is 2.25. The molecule has 3 nitrogen and oxygen atoms in total. The van der Waals surface area contributed by atoms with E-state index >= 15 is 0 Å². The van der Waals surface area contributed by atoms with E-state index in [1.807, 2.05) is 4.90 Å². The molecule has 1 saturated carbocycles. The number of carbonyl (C=O) groups is 1. The quantitative estimate of drug-likeness (QED) is 0.793. The van der Waals surface area contributed by atoms with Crippen LogP contribution in [0.2, 0.25) is 0 Å². The zero-order chi connectivity index (χ0) is 11.4. The normalized spacial score (nSPS) is 27.7. The van der Waals surface area contributed by atoms with E-state index in [1.54, 1.807) is 0 Å². The second kappa shape index (κ2) is 5.67. The van der Waals surface area contributed by atoms with Gasteiger partial charge in [-0.15, -0.1) is 0 Å². The summed E-state index contributed by atoms with van der Waals surface area (Å²) in [6, 6.07) is 0.105. The second-order valence-corrected chi connectivity index (χ2v) is 5.27. The van der Waals surface area contributed by atoms with E-state index in [9.17, 15) is 4.79 Å². The minimum atomic E-state index is 0.105. The predicted molar refractivity (Wildman–Crippen MR) is 65.0 cm³/mol. The highest BCUT2D eigenvalue weighted by Gasteiger charge is 2.31. The van der Waals surface area contributed by atoms with Crippen LogP contribution in [-0.4, -0.2) is 30.1 Å². The molecule has 1 saturated heterocycles. The Kier molecular flexibility index (Phi) is 4.22. The first-order valence-corrected chi connectivity index (χ1v) is 6.83. The number of nitrogens with zero attached hydrogens (tertiary/aromatic N) is 1. The molecular formula is C13H24N2O. The fourth-order valence-corrected chi connectivity index (χ4v) is 2.96. The average molecular weight is 224 g/mol. The van der Waals surface area contributed by atoms with Gasteiger partial charge < -0.3 is 4.90 Å². The molecule has 1 unspecified atom stereocenters. The van der Waals surface area contributed by atoms with Gasteiger partial charge in [0.1, 0.15) is 0 Å². The van der Waals surface area contributed by atoms with Crippen LogP contribution in [0, 0.1) is 5.92 Å². The van der Waals surface area contributed by atoms with Crippen molar-refractivity contribution in [2.75, 3.05) is 13.2 Å². The molecule has 1 N–H and O–H groups in total. The van der Waals surface area contributed by atoms with E-state index in [-0.39, 0.29) is 6.04 Å². The third-order valence-electron chi connectivity index (χ3n) is 3.92. The van der Waals surface area contributed by atoms with Crippen LogP contribution in [0.3, 0.4) is 0 Å². The zero-order valence-corrected chi connectivity index (χ0v) is 10.4. The van der Waals surface area contributed by atoms with Crippen molar-refractivity contribution in [3.05, 3.63) is 0 Å². The number of hydrogen-bond acceptors (Lipinski definition) is 2. The number of rotatable bonds is 4. The number of nitrogens with one attached hydrogen (secondary N) is 1. The van der Waals surface area contributed by atoms with Gasteiger partial charge in [-0.2, -0.15) is 0 Å². The van der Waals surface area contributed by atoms with Crippen LogP contribution in [0.5, 0.6) is 0 Å². The van der Waals surface area contributed by atoms with E-state index in [2.05, 4.69) is 12.2 Å². The molecule has 1 atom stereocenters. The van der Waals surface area contributed by atoms with Crippen molar-refractivity contribution in [3.8, 4) is 0 Å². The van der Waals surface area contributed by atoms with Crippen LogP contribution in [0.1, 0.15) is 51.9 Å². The van der Waals surface area contributed by atoms with Gasteiger partial charge in [-0.25, -0.2) is 0 Å². The summed E-state index contributed by atoms with van der Waals surface area (Å²) in [5.41, 5.74) is 0. The molecule has 2 fully saturated rings. The monoisotopic (exact) mass is 224 g/mol. The van der Waals surface area contributed by atoms with Gasteiger partial charge in [0.25, 0.3) is 0 Å². The highest BCUT2D eigenvalue weighted by atomic mass is 16.2. The van der Waals surface area contributed by atoms with Crippen LogP contribution < -0.4 is 5.32 Å². The van der Waals surface area contributed by atoms with Crippen LogP contribution in [0.15, 0.2) is 0 Å². The van der Waals surface area contributed by atoms with Crippen LogP contribution in [0.4, 0.5) is 0 Å². The lowest BCUT2D eigenvalue weighted by Crippen LogP contribution is -2.34. The molecule has 0 bridgehead atoms. The summed E-state index contributed by atoms with van der Waals surface area (Å²) in [4.78, 5) is 14.1. The van der Waals surface area contributed by atoms with Crippen LogP contribution in [-0.2, 0) is 4.79 Å². The Hall–Kier alpha value is -0.570. The van der Waals surface area contributed by atoms with Crippen molar-refractivity contribution in [1.82, 2.24) is 10.2 Å². The Balaban J connectivity index is 1.79. The molecule has 1 aliphatic heterocycles. The van der Waals surface area contributed by atoms with Crippen molar-refractivity contribution in [2.45, 2.75) is 57.9 Å². The van der Waals surface area contributed by atoms with E-state index in [0.717, 1.165) is 32.0 Å². The summed E-state index contributed by atoms with van der Waals surface area (Å²) in [7, 11) is 0. The summed E-state index contributed by atoms with van der Waals surface area (Å²) in [5.74, 6) is 1.10. The SMILES string of the molecule is CCCC1NCN(CC2CCCCC2)C1=O. The summed E-state index contributed by atoms with van der Waals surface area (Å²) in [6.45, 7) is 3.91. The van der Waals surface area contributed by atoms with E-state index in [1.165, 1.54) is 32.1 Å². The Morgan fingerprint density at radius 1 is 1.31 bits per heavy atom. The van der Waals surface area contributed by atoms with E-state index < -0.39 is 0 Å². The van der Waals surface area contributed by atoms with Crippen LogP contribution in [0.25, 0.3) is 0 Å². The van der Waals surface area contributed by atoms with Gasteiger partial charge in [-0.3, -0.25) is 10.1 Å². The van der Waals surface area contributed by atoms with Gasteiger partial charge in [0, 0.05) is 6.54 Å². The van der Waals surface area contributed by atoms with Gasteiger partial charge in [0.15, 0.2) is 0 Å². The maximum Gasteiger partial charge on any atom is 0.240 e. The third-order valence-corrected chi connectivity index (χ3v) is 3.92. The molecule has 0 radical (unpaired) electrons. The van der Waals surface area contributed by atoms with Crippen molar-refractivity contribution in [3.63, 3.8) is 0 Å². The second-order valence-electron chi connectivity index (χ2n) is 5.27. The Morgan fingerprint density at radius 3 is 2.75 bits per heavy atom. The average Bonchev–Trinajstić information content (AvgIpc) is 2.64. The molecule has 1 aliphatic carbocycles. The van der Waals surface area contributed by atoms with Gasteiger partial charge in [-0.1, -0.05) is 32.6 Å². The molecule has 16 heavy (non-hydrogen) atoms. The first-order valence-electron chi connectivity index (χ1n) is 6.83. The van der Waals surface area contributed by atoms with Crippen LogP contribution >= 0.6 is 0 Å². The molecule has 2 rings (SSSR count). The molecule has 1 amide bonds. The summed E-state index contributed by atoms with van der Waals surface area (Å²) >= 11 is 0. The maximum atomic E-state index is 12.0. The number of hydrogen-bond donors (Lipinski definition) is 1. The maximum absolute atomic E-state index is 12.0. The molecule has 0 aromatic carbocycles. The lowest BCUT2D eigenvalue weighted by Gasteiger charge is -2.26. The predicted octanol–water partition coefficient (Wildman–Crippen LogP) is 2.12. The van der Waals surface area contributed by atoms with E-state index in [4.69, 9.17) is 0 Å². The molecule has 1 heterocycles. The van der Waals surface area contributed by atoms with Gasteiger partial charge in [0.2, 0.25) is 5.91 Å². The van der Waals surface area contributed by atoms with Gasteiger partial charge in [-0.05, 0) is 25.2 Å². The number of amides is 1. The van der Waals surface area contributed by atoms with Gasteiger partial charge in [0.05, 0.1) is 12.7 Å². The van der Waals surface area contributed by atoms with E-state index in [0.29, 0.717) is 5.91 Å². The van der Waals surface area contributed by atoms with Crippen molar-refractivity contribution < 1.29 is 4.79 Å². The highest BCUT2D eigenvalue weighted by molar-refractivity contribution is 5.83. The first kappa shape index (κ1) is 11.9. The third kappa shape index (κ3) is 2.76. The zero-order valence-electron chi connectivity index (χ0n) is 10.4. The molecule has 0 aromatic heterocycles. The lowest BCUT2D eigenvalue weighted by molar-refractivity contribution is -0.129. The van der Waals surface area contributed by atoms with Crippen molar-refractivity contribution >= 4 is 5.91 Å². The first-order chi connectivity index (χ1) is 7.81. The molecular weight excluding hydrogens is 200 g/mol. The minimum Gasteiger partial charge on any atom is -0.328 e. The molecule has 0 aromatic rings. The fourth-order valence-electron chi connectivity index (χ4n) is 2.96. The fraction of sp³-hybridized carbons (Fsp3) is 0.923. The molecule has 0 spiro atoms. The summed E-state index contributed by atoms with van der Waals surface area (Å²) < 4.78 is 0. The smallest absolute Gasteiger partial charge is 0.240 e. The minimum absolute atomic E-state index is 0.105. The molecule has 92 valence electrons. The van der Waals surface area contributed by atoms with Gasteiger partial charge >= 0.3 is 0 Å². The largest absolute Gasteiger partial charge is 0.328 e. The molecule has 3 heteroatoms. The Morgan fingerprint density at radius 2 is 2.06 bits per heavy atom. The van der Waals surface area contributed by atoms with Crippen molar-refractivity contribution in [1.29, 1.82) is 0 Å². The Labute approximate surface area is 98.6 Å². The topological polar surface area (TPSA) is 32.3 Å². The van der Waals surface area contributed by atoms with Crippen molar-refractivity contribution in [2.24, 2.45) is 5.92 Å². The molecule has 2 aliphatic rings. The number of carbonyl (C=O) groups excluding carboxylic acids is 1. The summed E-state index contributed by atoms with van der Waals surface area (Å²) in [6.07, 6.45) is 8.82. The summed E-state index contributed by atoms with van der Waals surface area (Å²) in [5, 5.41) is 3.32. The standard InChI is InChI=1S/C13H24N2O/c1-2-6-12-13(16)15(10-14-12)9-11-7-4-3-5-8-11/h11-12,14H,2-10H2,1H3.